The molecule has 1 aromatic heterocycles. The highest BCUT2D eigenvalue weighted by Gasteiger charge is 2.31. The molecule has 2 atom stereocenters. The fourth-order valence-electron chi connectivity index (χ4n) is 3.08. The molecule has 1 aliphatic rings. The molecule has 1 N–H and O–H groups in total. The van der Waals surface area contributed by atoms with Crippen LogP contribution in [0.3, 0.4) is 0 Å². The Morgan fingerprint density at radius 1 is 1.18 bits per heavy atom. The van der Waals surface area contributed by atoms with Crippen molar-refractivity contribution in [2.75, 3.05) is 0 Å². The van der Waals surface area contributed by atoms with Gasteiger partial charge >= 0.3 is 0 Å². The van der Waals surface area contributed by atoms with Crippen LogP contribution in [0.15, 0.2) is 36.5 Å². The molecule has 0 aliphatic heterocycles. The van der Waals surface area contributed by atoms with Gasteiger partial charge < -0.3 is 0 Å². The minimum Gasteiger partial charge on any atom is -0.294 e. The van der Waals surface area contributed by atoms with Crippen molar-refractivity contribution in [1.29, 1.82) is 0 Å². The lowest BCUT2D eigenvalue weighted by molar-refractivity contribution is 0.0895. The molecule has 0 spiro atoms. The van der Waals surface area contributed by atoms with Gasteiger partial charge in [0.15, 0.2) is 11.4 Å². The lowest BCUT2D eigenvalue weighted by atomic mass is 9.83. The van der Waals surface area contributed by atoms with Crippen molar-refractivity contribution >= 4 is 23.2 Å². The van der Waals surface area contributed by atoms with Crippen LogP contribution >= 0.6 is 11.8 Å². The largest absolute Gasteiger partial charge is 0.294 e. The third kappa shape index (κ3) is 3.14. The number of nitrogens with zero attached hydrogens (tertiary/aromatic N) is 1. The van der Waals surface area contributed by atoms with Gasteiger partial charge in [0, 0.05) is 22.9 Å². The van der Waals surface area contributed by atoms with Crippen LogP contribution in [-0.4, -0.2) is 26.8 Å². The topological polar surface area (TPSA) is 62.8 Å². The zero-order valence-electron chi connectivity index (χ0n) is 12.2. The van der Waals surface area contributed by atoms with Crippen molar-refractivity contribution in [3.8, 4) is 11.3 Å². The van der Waals surface area contributed by atoms with Gasteiger partial charge in [-0.25, -0.2) is 0 Å². The number of carbonyl (C=O) groups is 2. The second-order valence-corrected chi connectivity index (χ2v) is 6.64. The van der Waals surface area contributed by atoms with Crippen molar-refractivity contribution in [3.63, 3.8) is 0 Å². The first-order valence-corrected chi connectivity index (χ1v) is 8.47. The average molecular weight is 314 g/mol. The molecule has 0 amide bonds. The molecule has 114 valence electrons. The number of carbonyl (C=O) groups excluding carboxylic acids is 2. The van der Waals surface area contributed by atoms with E-state index in [1.165, 1.54) is 11.8 Å². The van der Waals surface area contributed by atoms with E-state index in [9.17, 15) is 9.59 Å². The van der Waals surface area contributed by atoms with E-state index >= 15 is 0 Å². The summed E-state index contributed by atoms with van der Waals surface area (Å²) in [5.41, 5.74) is 3.55. The summed E-state index contributed by atoms with van der Waals surface area (Å²) < 4.78 is 0. The molecule has 22 heavy (non-hydrogen) atoms. The smallest absolute Gasteiger partial charge is 0.176 e. The van der Waals surface area contributed by atoms with Crippen molar-refractivity contribution in [2.24, 2.45) is 5.92 Å². The molecule has 5 heteroatoms. The van der Waals surface area contributed by atoms with Crippen LogP contribution in [0.1, 0.15) is 36.0 Å². The number of H-pyrrole nitrogens is 1. The number of nitrogens with one attached hydrogen (secondary N) is 1. The van der Waals surface area contributed by atoms with E-state index in [-0.39, 0.29) is 17.0 Å². The van der Waals surface area contributed by atoms with Crippen LogP contribution in [-0.2, 0) is 4.79 Å². The molecular formula is C17H18N2O2S. The van der Waals surface area contributed by atoms with E-state index in [1.54, 1.807) is 6.20 Å². The Labute approximate surface area is 133 Å². The molecule has 1 heterocycles. The normalized spacial score (nSPS) is 21.5. The summed E-state index contributed by atoms with van der Waals surface area (Å²) in [6.07, 6.45) is 5.71. The fraction of sp³-hybridized carbons (Fsp3) is 0.353. The third-order valence-electron chi connectivity index (χ3n) is 4.25. The van der Waals surface area contributed by atoms with Gasteiger partial charge in [-0.2, -0.15) is 5.10 Å². The predicted molar refractivity (Wildman–Crippen MR) is 88.4 cm³/mol. The summed E-state index contributed by atoms with van der Waals surface area (Å²) in [7, 11) is 0. The first-order chi connectivity index (χ1) is 10.8. The van der Waals surface area contributed by atoms with E-state index in [0.717, 1.165) is 48.1 Å². The summed E-state index contributed by atoms with van der Waals surface area (Å²) in [5.74, 6) is 0.122. The van der Waals surface area contributed by atoms with Gasteiger partial charge in [-0.05, 0) is 24.5 Å². The number of hydrogen-bond donors (Lipinski definition) is 1. The molecule has 1 aliphatic carbocycles. The van der Waals surface area contributed by atoms with Crippen LogP contribution < -0.4 is 0 Å². The molecule has 0 saturated heterocycles. The zero-order valence-corrected chi connectivity index (χ0v) is 13.0. The van der Waals surface area contributed by atoms with Crippen LogP contribution in [0.5, 0.6) is 0 Å². The standard InChI is InChI=1S/C17H18N2O2S/c20-11-22-16-4-2-1-3-14(16)17(21)13-7-5-12(6-8-13)15-9-10-18-19-15/h5-11,14,16H,1-4H2,(H,18,19). The third-order valence-corrected chi connectivity index (χ3v) is 5.28. The van der Waals surface area contributed by atoms with Crippen molar-refractivity contribution in [2.45, 2.75) is 30.9 Å². The molecule has 3 rings (SSSR count). The lowest BCUT2D eigenvalue weighted by Gasteiger charge is -2.28. The molecule has 1 aromatic carbocycles. The highest BCUT2D eigenvalue weighted by molar-refractivity contribution is 8.12. The Kier molecular flexibility index (Phi) is 4.73. The summed E-state index contributed by atoms with van der Waals surface area (Å²) in [4.78, 5) is 23.5. The minimum atomic E-state index is -0.0399. The number of Topliss-reactive ketones (excluding diaryl/α,β-unsaturated/α-hetero) is 1. The molecule has 1 fully saturated rings. The summed E-state index contributed by atoms with van der Waals surface area (Å²) in [5, 5.41) is 6.97. The van der Waals surface area contributed by atoms with E-state index in [0.29, 0.717) is 0 Å². The van der Waals surface area contributed by atoms with E-state index in [1.807, 2.05) is 30.3 Å². The fourth-order valence-corrected chi connectivity index (χ4v) is 3.97. The van der Waals surface area contributed by atoms with E-state index in [2.05, 4.69) is 10.2 Å². The maximum absolute atomic E-state index is 12.7. The Hall–Kier alpha value is -1.88. The number of ketones is 1. The van der Waals surface area contributed by atoms with Gasteiger partial charge in [-0.1, -0.05) is 48.9 Å². The number of hydrogen-bond acceptors (Lipinski definition) is 4. The number of thioether (sulfide) groups is 1. The number of rotatable bonds is 5. The molecule has 0 bridgehead atoms. The average Bonchev–Trinajstić information content (AvgIpc) is 3.10. The minimum absolute atomic E-state index is 0.0399. The number of aromatic nitrogens is 2. The number of benzene rings is 1. The van der Waals surface area contributed by atoms with Gasteiger partial charge in [0.25, 0.3) is 0 Å². The van der Waals surface area contributed by atoms with E-state index in [4.69, 9.17) is 0 Å². The summed E-state index contributed by atoms with van der Waals surface area (Å²) in [6.45, 7) is 0. The molecule has 2 aromatic rings. The Morgan fingerprint density at radius 3 is 2.64 bits per heavy atom. The second kappa shape index (κ2) is 6.92. The van der Waals surface area contributed by atoms with Crippen molar-refractivity contribution in [3.05, 3.63) is 42.1 Å². The van der Waals surface area contributed by atoms with Gasteiger partial charge in [0.1, 0.15) is 0 Å². The van der Waals surface area contributed by atoms with Gasteiger partial charge in [0.2, 0.25) is 0 Å². The first-order valence-electron chi connectivity index (χ1n) is 7.52. The van der Waals surface area contributed by atoms with Crippen molar-refractivity contribution in [1.82, 2.24) is 10.2 Å². The predicted octanol–water partition coefficient (Wildman–Crippen LogP) is 3.74. The summed E-state index contributed by atoms with van der Waals surface area (Å²) >= 11 is 1.27. The zero-order chi connectivity index (χ0) is 15.4. The highest BCUT2D eigenvalue weighted by atomic mass is 32.2. The molecule has 1 saturated carbocycles. The lowest BCUT2D eigenvalue weighted by Crippen LogP contribution is -2.29. The molecule has 4 nitrogen and oxygen atoms in total. The van der Waals surface area contributed by atoms with Crippen LogP contribution in [0.2, 0.25) is 0 Å². The highest BCUT2D eigenvalue weighted by Crippen LogP contribution is 2.34. The summed E-state index contributed by atoms with van der Waals surface area (Å²) in [6, 6.07) is 9.51. The van der Waals surface area contributed by atoms with Gasteiger partial charge in [0.05, 0.1) is 5.69 Å². The van der Waals surface area contributed by atoms with E-state index < -0.39 is 0 Å². The molecule has 2 unspecified atom stereocenters. The maximum atomic E-state index is 12.7. The van der Waals surface area contributed by atoms with Gasteiger partial charge in [-0.15, -0.1) is 0 Å². The first kappa shape index (κ1) is 15.0. The quantitative estimate of drug-likeness (QED) is 0.674. The van der Waals surface area contributed by atoms with Gasteiger partial charge in [-0.3, -0.25) is 14.7 Å². The molecule has 0 radical (unpaired) electrons. The Morgan fingerprint density at radius 2 is 1.95 bits per heavy atom. The number of aromatic amines is 1. The van der Waals surface area contributed by atoms with Crippen LogP contribution in [0.4, 0.5) is 0 Å². The van der Waals surface area contributed by atoms with Crippen molar-refractivity contribution < 1.29 is 9.59 Å². The maximum Gasteiger partial charge on any atom is 0.176 e. The second-order valence-electron chi connectivity index (χ2n) is 5.57. The Balaban J connectivity index is 1.77. The van der Waals surface area contributed by atoms with Crippen LogP contribution in [0, 0.1) is 5.92 Å². The molecular weight excluding hydrogens is 296 g/mol. The van der Waals surface area contributed by atoms with Crippen LogP contribution in [0.25, 0.3) is 11.3 Å². The monoisotopic (exact) mass is 314 g/mol. The Bertz CT molecular complexity index is 637. The SMILES string of the molecule is O=CSC1CCCCC1C(=O)c1ccc(-c2ccn[nH]2)cc1.